The second-order valence-corrected chi connectivity index (χ2v) is 23.5. The van der Waals surface area contributed by atoms with E-state index in [9.17, 15) is 61.3 Å². The number of fused-ring (bicyclic) bond motifs is 7. The van der Waals surface area contributed by atoms with Gasteiger partial charge in [0.05, 0.1) is 44.7 Å². The molecule has 22 heteroatoms. The van der Waals surface area contributed by atoms with Gasteiger partial charge in [0.2, 0.25) is 0 Å². The summed E-state index contributed by atoms with van der Waals surface area (Å²) in [5.41, 5.74) is 1.22. The Morgan fingerprint density at radius 1 is 0.658 bits per heavy atom. The van der Waals surface area contributed by atoms with E-state index in [2.05, 4.69) is 26.8 Å². The van der Waals surface area contributed by atoms with Crippen molar-refractivity contribution in [1.82, 2.24) is 0 Å². The Kier molecular flexibility index (Phi) is 17.2. The molecule has 12 N–H and O–H groups in total. The van der Waals surface area contributed by atoms with E-state index in [1.54, 1.807) is 7.11 Å². The molecule has 0 unspecified atom stereocenters. The second kappa shape index (κ2) is 22.2. The number of aliphatic hydroxyl groups excluding tert-OH is 12. The van der Waals surface area contributed by atoms with Crippen LogP contribution in [-0.4, -0.2) is 230 Å². The highest BCUT2D eigenvalue weighted by Gasteiger charge is 2.68. The van der Waals surface area contributed by atoms with E-state index in [0.29, 0.717) is 43.4 Å². The first kappa shape index (κ1) is 56.6. The molecule has 5 heterocycles. The number of rotatable bonds is 16. The Morgan fingerprint density at radius 2 is 1.25 bits per heavy atom. The number of allylic oxidation sites excluding steroid dienone is 1. The summed E-state index contributed by atoms with van der Waals surface area (Å²) in [5, 5.41) is 126. The Balaban J connectivity index is 0.841. The predicted molar refractivity (Wildman–Crippen MR) is 249 cm³/mol. The van der Waals surface area contributed by atoms with Gasteiger partial charge in [0.25, 0.3) is 0 Å². The van der Waals surface area contributed by atoms with Crippen LogP contribution in [0.3, 0.4) is 0 Å². The number of hydrogen-bond acceptors (Lipinski definition) is 22. The Labute approximate surface area is 426 Å². The molecule has 5 aliphatic heterocycles. The van der Waals surface area contributed by atoms with Crippen LogP contribution in [0.4, 0.5) is 0 Å². The maximum atomic E-state index is 12.0. The molecule has 0 radical (unpaired) electrons. The van der Waals surface area contributed by atoms with E-state index in [1.165, 1.54) is 12.5 Å². The summed E-state index contributed by atoms with van der Waals surface area (Å²) < 4.78 is 61.1. The van der Waals surface area contributed by atoms with Crippen LogP contribution in [0, 0.1) is 46.3 Å². The normalized spacial score (nSPS) is 54.3. The number of aliphatic hydroxyl groups is 12. The third-order valence-electron chi connectivity index (χ3n) is 19.5. The molecule has 22 nitrogen and oxygen atoms in total. The van der Waals surface area contributed by atoms with Gasteiger partial charge in [0, 0.05) is 19.4 Å². The van der Waals surface area contributed by atoms with Crippen LogP contribution in [0.15, 0.2) is 11.6 Å². The van der Waals surface area contributed by atoms with Crippen molar-refractivity contribution in [3.05, 3.63) is 11.6 Å². The van der Waals surface area contributed by atoms with Crippen molar-refractivity contribution in [2.75, 3.05) is 33.5 Å². The van der Waals surface area contributed by atoms with Crippen LogP contribution in [0.2, 0.25) is 0 Å². The average molecular weight is 1050 g/mol. The lowest BCUT2D eigenvalue weighted by Gasteiger charge is -2.58. The summed E-state index contributed by atoms with van der Waals surface area (Å²) in [6.45, 7) is 8.97. The van der Waals surface area contributed by atoms with Crippen molar-refractivity contribution in [2.24, 2.45) is 46.3 Å². The van der Waals surface area contributed by atoms with Gasteiger partial charge in [-0.05, 0) is 98.7 Å². The van der Waals surface area contributed by atoms with Gasteiger partial charge in [-0.2, -0.15) is 0 Å². The van der Waals surface area contributed by atoms with Crippen molar-refractivity contribution < 1.29 is 109 Å². The highest BCUT2D eigenvalue weighted by molar-refractivity contribution is 5.26. The molecule has 8 fully saturated rings. The van der Waals surface area contributed by atoms with E-state index < -0.39 is 148 Å². The summed E-state index contributed by atoms with van der Waals surface area (Å²) >= 11 is 0. The van der Waals surface area contributed by atoms with E-state index in [4.69, 9.17) is 47.4 Å². The maximum absolute atomic E-state index is 12.0. The number of hydrogen-bond donors (Lipinski definition) is 12. The SMILES string of the molecule is CO[C@@]1(CC[C@@H](C)CO[C@@H]2O[C@H](CO)[C@@H](O)[C@H](O)[C@H]2O)O[C@H]2C[C@H]3[C@@H]4CC=C5C[C@@H](O[C@H]6O[C@@H](CO)[C@H](O[C@@H]7O[C@@H](CO)[C@H](O)[C@H]7O)[C@@H](O[C@@H]7O[C@@H](C)[C@H](O)[C@@H](O)[C@H]7O)[C@@H]6O)CC[C@]5(C)[C@H]4CC[C@]3(C)[C@H]2[C@@H]1C. The molecule has 9 rings (SSSR count). The lowest BCUT2D eigenvalue weighted by Crippen LogP contribution is -2.65. The van der Waals surface area contributed by atoms with Gasteiger partial charge < -0.3 is 109 Å². The summed E-state index contributed by atoms with van der Waals surface area (Å²) in [7, 11) is 1.72. The van der Waals surface area contributed by atoms with Crippen LogP contribution in [0.5, 0.6) is 0 Å². The van der Waals surface area contributed by atoms with Crippen molar-refractivity contribution in [1.29, 1.82) is 0 Å². The standard InChI is InChI=1S/C51H84O22/c1-21(20-65-45-40(61)38(59)35(56)30(17-52)68-45)9-14-51(64-6)22(2)33-29(73-51)16-28-26-8-7-24-15-25(10-12-49(24,4)27(26)11-13-50(28,33)5)67-48-42(63)44(72-46-41(62)37(58)34(55)23(3)66-46)43(32(19-54)70-48)71-47-39(60)36(57)31(18-53)69-47/h7,21-23,25-48,52-63H,8-20H2,1-6H3/t21-,22+,23+,25+,26-,27+,28+,29+,30-,31+,32+,33+,34+,35-,36+,37-,38+,39-,40-,41-,42+,43+,44+,45-,46+,47+,48+,49+,50+,51+/m1/s1. The minimum absolute atomic E-state index is 0.00783. The fraction of sp³-hybridized carbons (Fsp3) is 0.961. The smallest absolute Gasteiger partial charge is 0.187 e. The van der Waals surface area contributed by atoms with Crippen molar-refractivity contribution in [2.45, 2.75) is 227 Å². The van der Waals surface area contributed by atoms with Crippen molar-refractivity contribution in [3.8, 4) is 0 Å². The van der Waals surface area contributed by atoms with Crippen molar-refractivity contribution >= 4 is 0 Å². The second-order valence-electron chi connectivity index (χ2n) is 23.5. The van der Waals surface area contributed by atoms with Gasteiger partial charge in [-0.3, -0.25) is 0 Å². The van der Waals surface area contributed by atoms with E-state index in [0.717, 1.165) is 32.1 Å². The average Bonchev–Trinajstić information content (AvgIpc) is 3.95. The molecule has 73 heavy (non-hydrogen) atoms. The molecular weight excluding hydrogens is 965 g/mol. The summed E-state index contributed by atoms with van der Waals surface area (Å²) in [5.74, 6) is 0.933. The van der Waals surface area contributed by atoms with Gasteiger partial charge >= 0.3 is 0 Å². The van der Waals surface area contributed by atoms with Gasteiger partial charge in [0.15, 0.2) is 30.9 Å². The molecule has 5 saturated heterocycles. The molecule has 0 aromatic carbocycles. The van der Waals surface area contributed by atoms with Crippen LogP contribution in [-0.2, 0) is 47.4 Å². The zero-order valence-electron chi connectivity index (χ0n) is 42.8. The van der Waals surface area contributed by atoms with Crippen molar-refractivity contribution in [3.63, 3.8) is 0 Å². The van der Waals surface area contributed by atoms with Crippen LogP contribution < -0.4 is 0 Å². The predicted octanol–water partition coefficient (Wildman–Crippen LogP) is -1.71. The zero-order chi connectivity index (χ0) is 52.6. The Bertz CT molecular complexity index is 1880. The minimum Gasteiger partial charge on any atom is -0.394 e. The fourth-order valence-corrected chi connectivity index (χ4v) is 15.1. The van der Waals surface area contributed by atoms with Gasteiger partial charge in [-0.25, -0.2) is 0 Å². The lowest BCUT2D eigenvalue weighted by molar-refractivity contribution is -0.376. The molecular formula is C51H84O22. The molecule has 0 spiro atoms. The first-order chi connectivity index (χ1) is 34.6. The number of methoxy groups -OCH3 is 1. The van der Waals surface area contributed by atoms with E-state index >= 15 is 0 Å². The monoisotopic (exact) mass is 1050 g/mol. The zero-order valence-corrected chi connectivity index (χ0v) is 42.8. The molecule has 420 valence electrons. The molecule has 9 aliphatic rings. The molecule has 0 amide bonds. The molecule has 4 aliphatic carbocycles. The minimum atomic E-state index is -1.76. The van der Waals surface area contributed by atoms with Crippen LogP contribution >= 0.6 is 0 Å². The first-order valence-corrected chi connectivity index (χ1v) is 26.7. The fourth-order valence-electron chi connectivity index (χ4n) is 15.1. The Hall–Kier alpha value is -1.14. The highest BCUT2D eigenvalue weighted by Crippen LogP contribution is 2.70. The summed E-state index contributed by atoms with van der Waals surface area (Å²) in [6, 6.07) is 0. The largest absolute Gasteiger partial charge is 0.394 e. The van der Waals surface area contributed by atoms with Gasteiger partial charge in [-0.15, -0.1) is 0 Å². The third kappa shape index (κ3) is 10.0. The van der Waals surface area contributed by atoms with Gasteiger partial charge in [0.1, 0.15) is 85.5 Å². The van der Waals surface area contributed by atoms with E-state index in [-0.39, 0.29) is 41.3 Å². The third-order valence-corrected chi connectivity index (χ3v) is 19.5. The summed E-state index contributed by atoms with van der Waals surface area (Å²) in [6.07, 6.45) is -17.9. The highest BCUT2D eigenvalue weighted by atomic mass is 16.8. The van der Waals surface area contributed by atoms with Crippen LogP contribution in [0.1, 0.15) is 92.4 Å². The van der Waals surface area contributed by atoms with Crippen LogP contribution in [0.25, 0.3) is 0 Å². The molecule has 0 aromatic rings. The Morgan fingerprint density at radius 3 is 1.93 bits per heavy atom. The molecule has 3 saturated carbocycles. The summed E-state index contributed by atoms with van der Waals surface area (Å²) in [4.78, 5) is 0. The quantitative estimate of drug-likeness (QED) is 0.0766. The molecule has 0 aromatic heterocycles. The topological polar surface area (TPSA) is 335 Å². The first-order valence-electron chi connectivity index (χ1n) is 26.7. The lowest BCUT2D eigenvalue weighted by atomic mass is 9.47. The van der Waals surface area contributed by atoms with E-state index in [1.807, 2.05) is 6.92 Å². The number of ether oxygens (including phenoxy) is 10. The molecule has 0 bridgehead atoms. The maximum Gasteiger partial charge on any atom is 0.187 e. The molecule has 30 atom stereocenters. The van der Waals surface area contributed by atoms with Gasteiger partial charge in [-0.1, -0.05) is 39.3 Å².